The molecule has 0 saturated carbocycles. The summed E-state index contributed by atoms with van der Waals surface area (Å²) in [5, 5.41) is 2.50. The Balaban J connectivity index is 2.70. The Morgan fingerprint density at radius 2 is 2.10 bits per heavy atom. The highest BCUT2D eigenvalue weighted by atomic mass is 16.1. The van der Waals surface area contributed by atoms with Crippen molar-refractivity contribution in [3.63, 3.8) is 0 Å². The summed E-state index contributed by atoms with van der Waals surface area (Å²) in [5.74, 6) is 0. The SMILES string of the molecule is [CH2]CCCCC[CH]NC=O. The molecule has 0 atom stereocenters. The van der Waals surface area contributed by atoms with E-state index in [1.165, 1.54) is 12.8 Å². The molecule has 0 aromatic heterocycles. The zero-order valence-electron chi connectivity index (χ0n) is 6.31. The number of rotatable bonds is 7. The Kier molecular flexibility index (Phi) is 8.02. The van der Waals surface area contributed by atoms with E-state index in [2.05, 4.69) is 12.2 Å². The molecule has 0 unspecified atom stereocenters. The summed E-state index contributed by atoms with van der Waals surface area (Å²) in [5.41, 5.74) is 0. The van der Waals surface area contributed by atoms with Crippen molar-refractivity contribution in [2.45, 2.75) is 32.1 Å². The molecule has 0 bridgehead atoms. The van der Waals surface area contributed by atoms with Gasteiger partial charge in [0, 0.05) is 6.54 Å². The summed E-state index contributed by atoms with van der Waals surface area (Å²) in [4.78, 5) is 9.74. The molecule has 0 spiro atoms. The number of carbonyl (C=O) groups excluding carboxylic acids is 1. The quantitative estimate of drug-likeness (QED) is 0.424. The molecular formula is C8H15NO. The van der Waals surface area contributed by atoms with E-state index < -0.39 is 0 Å². The summed E-state index contributed by atoms with van der Waals surface area (Å²) in [7, 11) is 0. The fourth-order valence-corrected chi connectivity index (χ4v) is 0.731. The van der Waals surface area contributed by atoms with Crippen molar-refractivity contribution in [3.05, 3.63) is 13.5 Å². The molecule has 2 radical (unpaired) electrons. The van der Waals surface area contributed by atoms with Crippen molar-refractivity contribution < 1.29 is 4.79 Å². The molecule has 0 fully saturated rings. The first-order valence-corrected chi connectivity index (χ1v) is 3.72. The average molecular weight is 141 g/mol. The fraction of sp³-hybridized carbons (Fsp3) is 0.625. The zero-order valence-corrected chi connectivity index (χ0v) is 6.31. The summed E-state index contributed by atoms with van der Waals surface area (Å²) < 4.78 is 0. The standard InChI is InChI=1S/C8H15NO/c1-2-3-4-5-6-7-9-8-10/h7-8H,1-6H2,(H,9,10). The van der Waals surface area contributed by atoms with Crippen LogP contribution in [0.15, 0.2) is 0 Å². The van der Waals surface area contributed by atoms with Crippen LogP contribution in [0.4, 0.5) is 0 Å². The molecule has 2 heteroatoms. The van der Waals surface area contributed by atoms with Crippen LogP contribution in [-0.4, -0.2) is 6.41 Å². The van der Waals surface area contributed by atoms with Crippen LogP contribution in [0.25, 0.3) is 0 Å². The Bertz CT molecular complexity index is 73.7. The van der Waals surface area contributed by atoms with Crippen LogP contribution in [0, 0.1) is 13.5 Å². The fourth-order valence-electron chi connectivity index (χ4n) is 0.731. The molecule has 0 aromatic rings. The number of carbonyl (C=O) groups is 1. The van der Waals surface area contributed by atoms with Crippen molar-refractivity contribution in [3.8, 4) is 0 Å². The molecular weight excluding hydrogens is 126 g/mol. The van der Waals surface area contributed by atoms with E-state index in [-0.39, 0.29) is 0 Å². The van der Waals surface area contributed by atoms with Gasteiger partial charge in [0.2, 0.25) is 6.41 Å². The summed E-state index contributed by atoms with van der Waals surface area (Å²) in [6.45, 7) is 5.53. The van der Waals surface area contributed by atoms with Crippen molar-refractivity contribution >= 4 is 6.41 Å². The number of unbranched alkanes of at least 4 members (excludes halogenated alkanes) is 4. The van der Waals surface area contributed by atoms with E-state index in [0.717, 1.165) is 19.3 Å². The van der Waals surface area contributed by atoms with Crippen molar-refractivity contribution in [2.24, 2.45) is 0 Å². The van der Waals surface area contributed by atoms with Gasteiger partial charge in [-0.15, -0.1) is 0 Å². The maximum atomic E-state index is 9.74. The van der Waals surface area contributed by atoms with Crippen molar-refractivity contribution in [1.82, 2.24) is 5.32 Å². The van der Waals surface area contributed by atoms with Gasteiger partial charge in [-0.1, -0.05) is 32.6 Å². The Morgan fingerprint density at radius 1 is 1.30 bits per heavy atom. The van der Waals surface area contributed by atoms with Gasteiger partial charge in [0.1, 0.15) is 0 Å². The third-order valence-corrected chi connectivity index (χ3v) is 1.28. The molecule has 2 nitrogen and oxygen atoms in total. The van der Waals surface area contributed by atoms with Crippen LogP contribution >= 0.6 is 0 Å². The normalized spacial score (nSPS) is 9.30. The van der Waals surface area contributed by atoms with Crippen LogP contribution in [-0.2, 0) is 4.79 Å². The molecule has 0 rings (SSSR count). The number of hydrogen-bond acceptors (Lipinski definition) is 1. The lowest BCUT2D eigenvalue weighted by atomic mass is 10.1. The predicted octanol–water partition coefficient (Wildman–Crippen LogP) is 1.68. The molecule has 1 N–H and O–H groups in total. The monoisotopic (exact) mass is 141 g/mol. The van der Waals surface area contributed by atoms with E-state index in [1.54, 1.807) is 6.54 Å². The molecule has 0 aromatic carbocycles. The van der Waals surface area contributed by atoms with Gasteiger partial charge in [-0.05, 0) is 6.42 Å². The summed E-state index contributed by atoms with van der Waals surface area (Å²) in [6, 6.07) is 0. The number of amides is 1. The highest BCUT2D eigenvalue weighted by Gasteiger charge is 1.87. The van der Waals surface area contributed by atoms with E-state index in [1.807, 2.05) is 0 Å². The third-order valence-electron chi connectivity index (χ3n) is 1.28. The van der Waals surface area contributed by atoms with E-state index >= 15 is 0 Å². The second-order valence-electron chi connectivity index (χ2n) is 2.19. The second-order valence-corrected chi connectivity index (χ2v) is 2.19. The van der Waals surface area contributed by atoms with Gasteiger partial charge in [0.05, 0.1) is 0 Å². The molecule has 0 aliphatic heterocycles. The lowest BCUT2D eigenvalue weighted by Gasteiger charge is -1.97. The van der Waals surface area contributed by atoms with Crippen molar-refractivity contribution in [1.29, 1.82) is 0 Å². The van der Waals surface area contributed by atoms with Gasteiger partial charge >= 0.3 is 0 Å². The highest BCUT2D eigenvalue weighted by Crippen LogP contribution is 2.01. The second kappa shape index (κ2) is 8.47. The maximum Gasteiger partial charge on any atom is 0.207 e. The topological polar surface area (TPSA) is 29.1 Å². The van der Waals surface area contributed by atoms with Crippen LogP contribution in [0.1, 0.15) is 32.1 Å². The molecule has 0 heterocycles. The van der Waals surface area contributed by atoms with Crippen LogP contribution in [0.3, 0.4) is 0 Å². The summed E-state index contributed by atoms with van der Waals surface area (Å²) >= 11 is 0. The lowest BCUT2D eigenvalue weighted by Crippen LogP contribution is -2.05. The smallest absolute Gasteiger partial charge is 0.207 e. The largest absolute Gasteiger partial charge is 0.354 e. The first-order chi connectivity index (χ1) is 4.91. The van der Waals surface area contributed by atoms with Gasteiger partial charge in [-0.25, -0.2) is 0 Å². The van der Waals surface area contributed by atoms with Gasteiger partial charge < -0.3 is 5.32 Å². The van der Waals surface area contributed by atoms with Crippen LogP contribution in [0.2, 0.25) is 0 Å². The van der Waals surface area contributed by atoms with E-state index in [9.17, 15) is 4.79 Å². The number of hydrogen-bond donors (Lipinski definition) is 1. The molecule has 1 amide bonds. The molecule has 0 aliphatic carbocycles. The average Bonchev–Trinajstić information content (AvgIpc) is 1.97. The molecule has 58 valence electrons. The summed E-state index contributed by atoms with van der Waals surface area (Å²) in [6.07, 6.45) is 6.23. The lowest BCUT2D eigenvalue weighted by molar-refractivity contribution is -0.109. The molecule has 10 heavy (non-hydrogen) atoms. The highest BCUT2D eigenvalue weighted by molar-refractivity contribution is 5.46. The minimum Gasteiger partial charge on any atom is -0.354 e. The first kappa shape index (κ1) is 9.47. The minimum atomic E-state index is 0.696. The molecule has 0 saturated heterocycles. The van der Waals surface area contributed by atoms with Gasteiger partial charge in [-0.2, -0.15) is 0 Å². The Morgan fingerprint density at radius 3 is 2.70 bits per heavy atom. The predicted molar refractivity (Wildman–Crippen MR) is 41.9 cm³/mol. The minimum absolute atomic E-state index is 0.696. The van der Waals surface area contributed by atoms with Crippen LogP contribution < -0.4 is 5.32 Å². The Hall–Kier alpha value is -0.530. The first-order valence-electron chi connectivity index (χ1n) is 3.72. The third kappa shape index (κ3) is 7.47. The van der Waals surface area contributed by atoms with Gasteiger partial charge in [-0.3, -0.25) is 4.79 Å². The van der Waals surface area contributed by atoms with E-state index in [4.69, 9.17) is 0 Å². The van der Waals surface area contributed by atoms with Gasteiger partial charge in [0.25, 0.3) is 0 Å². The molecule has 0 aliphatic rings. The van der Waals surface area contributed by atoms with Crippen molar-refractivity contribution in [2.75, 3.05) is 0 Å². The Labute approximate surface area is 63.0 Å². The zero-order chi connectivity index (χ0) is 7.66. The van der Waals surface area contributed by atoms with Crippen LogP contribution in [0.5, 0.6) is 0 Å². The van der Waals surface area contributed by atoms with E-state index in [0.29, 0.717) is 6.41 Å². The maximum absolute atomic E-state index is 9.74. The number of nitrogens with one attached hydrogen (secondary N) is 1. The van der Waals surface area contributed by atoms with Gasteiger partial charge in [0.15, 0.2) is 0 Å².